The van der Waals surface area contributed by atoms with E-state index in [0.29, 0.717) is 12.1 Å². The number of nitrogens with one attached hydrogen (secondary N) is 1. The van der Waals surface area contributed by atoms with Gasteiger partial charge in [0.25, 0.3) is 0 Å². The highest BCUT2D eigenvalue weighted by atomic mass is 127. The predicted octanol–water partition coefficient (Wildman–Crippen LogP) is 3.64. The van der Waals surface area contributed by atoms with Crippen LogP contribution < -0.4 is 5.32 Å². The lowest BCUT2D eigenvalue weighted by Gasteiger charge is -2.20. The Morgan fingerprint density at radius 1 is 1.25 bits per heavy atom. The molecule has 0 aliphatic carbocycles. The standard InChI is InChI=1S/C14H16F2IN3/c1-14(2,3)18-6-9-4-11(15)13(12(16)5-9)20-8-10(17)7-19-20/h4-5,7-8,18H,6H2,1-3H3. The largest absolute Gasteiger partial charge is 0.308 e. The van der Waals surface area contributed by atoms with Crippen LogP contribution in [0.2, 0.25) is 0 Å². The third-order valence-corrected chi connectivity index (χ3v) is 3.24. The van der Waals surface area contributed by atoms with Crippen LogP contribution in [0, 0.1) is 15.2 Å². The van der Waals surface area contributed by atoms with E-state index in [0.717, 1.165) is 3.57 Å². The number of benzene rings is 1. The summed E-state index contributed by atoms with van der Waals surface area (Å²) in [6.45, 7) is 6.41. The van der Waals surface area contributed by atoms with Crippen LogP contribution in [0.4, 0.5) is 8.78 Å². The van der Waals surface area contributed by atoms with Gasteiger partial charge in [-0.05, 0) is 61.1 Å². The molecule has 0 atom stereocenters. The first kappa shape index (κ1) is 15.4. The van der Waals surface area contributed by atoms with Crippen molar-refractivity contribution in [1.82, 2.24) is 15.1 Å². The molecule has 0 saturated carbocycles. The topological polar surface area (TPSA) is 29.9 Å². The summed E-state index contributed by atoms with van der Waals surface area (Å²) in [6.07, 6.45) is 3.13. The minimum atomic E-state index is -0.616. The molecule has 20 heavy (non-hydrogen) atoms. The predicted molar refractivity (Wildman–Crippen MR) is 82.8 cm³/mol. The molecular formula is C14H16F2IN3. The van der Waals surface area contributed by atoms with Crippen molar-refractivity contribution >= 4 is 22.6 Å². The minimum Gasteiger partial charge on any atom is -0.308 e. The Balaban J connectivity index is 2.30. The molecular weight excluding hydrogens is 375 g/mol. The molecule has 0 amide bonds. The van der Waals surface area contributed by atoms with Gasteiger partial charge in [0.1, 0.15) is 5.69 Å². The molecule has 0 spiro atoms. The fourth-order valence-electron chi connectivity index (χ4n) is 1.73. The SMILES string of the molecule is CC(C)(C)NCc1cc(F)c(-n2cc(I)cn2)c(F)c1. The zero-order valence-corrected chi connectivity index (χ0v) is 13.7. The van der Waals surface area contributed by atoms with Gasteiger partial charge in [0.2, 0.25) is 0 Å². The summed E-state index contributed by atoms with van der Waals surface area (Å²) in [4.78, 5) is 0. The fraction of sp³-hybridized carbons (Fsp3) is 0.357. The lowest BCUT2D eigenvalue weighted by Crippen LogP contribution is -2.35. The summed E-state index contributed by atoms with van der Waals surface area (Å²) in [5.41, 5.74) is 0.317. The van der Waals surface area contributed by atoms with Crippen LogP contribution in [0.3, 0.4) is 0 Å². The lowest BCUT2D eigenvalue weighted by molar-refractivity contribution is 0.422. The summed E-state index contributed by atoms with van der Waals surface area (Å²) < 4.78 is 30.2. The van der Waals surface area contributed by atoms with E-state index in [1.165, 1.54) is 16.8 Å². The van der Waals surface area contributed by atoms with E-state index in [1.54, 1.807) is 12.4 Å². The molecule has 3 nitrogen and oxygen atoms in total. The van der Waals surface area contributed by atoms with E-state index in [-0.39, 0.29) is 11.2 Å². The van der Waals surface area contributed by atoms with E-state index in [1.807, 2.05) is 43.4 Å². The molecule has 2 rings (SSSR count). The third-order valence-electron chi connectivity index (χ3n) is 2.68. The van der Waals surface area contributed by atoms with Crippen LogP contribution >= 0.6 is 22.6 Å². The third kappa shape index (κ3) is 3.76. The van der Waals surface area contributed by atoms with Crippen molar-refractivity contribution in [2.45, 2.75) is 32.9 Å². The maximum Gasteiger partial charge on any atom is 0.152 e. The van der Waals surface area contributed by atoms with Crippen LogP contribution in [0.5, 0.6) is 0 Å². The van der Waals surface area contributed by atoms with Crippen LogP contribution in [-0.4, -0.2) is 15.3 Å². The van der Waals surface area contributed by atoms with Crippen molar-refractivity contribution in [2.24, 2.45) is 0 Å². The number of halogens is 3. The summed E-state index contributed by atoms with van der Waals surface area (Å²) in [5, 5.41) is 7.14. The Kier molecular flexibility index (Phi) is 4.43. The highest BCUT2D eigenvalue weighted by Gasteiger charge is 2.15. The number of hydrogen-bond donors (Lipinski definition) is 1. The molecule has 1 aromatic heterocycles. The molecule has 0 saturated heterocycles. The molecule has 0 fully saturated rings. The van der Waals surface area contributed by atoms with Gasteiger partial charge in [0.15, 0.2) is 11.6 Å². The van der Waals surface area contributed by atoms with Crippen molar-refractivity contribution < 1.29 is 8.78 Å². The summed E-state index contributed by atoms with van der Waals surface area (Å²) in [6, 6.07) is 2.68. The van der Waals surface area contributed by atoms with E-state index in [4.69, 9.17) is 0 Å². The second-order valence-corrected chi connectivity index (χ2v) is 6.86. The number of nitrogens with zero attached hydrogens (tertiary/aromatic N) is 2. The average molecular weight is 391 g/mol. The number of rotatable bonds is 3. The molecule has 1 N–H and O–H groups in total. The molecule has 1 aromatic carbocycles. The van der Waals surface area contributed by atoms with Gasteiger partial charge < -0.3 is 5.32 Å². The van der Waals surface area contributed by atoms with Crippen molar-refractivity contribution in [1.29, 1.82) is 0 Å². The van der Waals surface area contributed by atoms with Gasteiger partial charge in [-0.25, -0.2) is 13.5 Å². The summed E-state index contributed by atoms with van der Waals surface area (Å²) in [5.74, 6) is -1.23. The maximum atomic E-state index is 14.1. The summed E-state index contributed by atoms with van der Waals surface area (Å²) in [7, 11) is 0. The fourth-order valence-corrected chi connectivity index (χ4v) is 2.12. The van der Waals surface area contributed by atoms with Gasteiger partial charge in [-0.1, -0.05) is 0 Å². The van der Waals surface area contributed by atoms with Gasteiger partial charge >= 0.3 is 0 Å². The Hall–Kier alpha value is -1.02. The van der Waals surface area contributed by atoms with Crippen molar-refractivity contribution in [3.05, 3.63) is 45.3 Å². The zero-order chi connectivity index (χ0) is 14.9. The quantitative estimate of drug-likeness (QED) is 0.810. The first-order valence-electron chi connectivity index (χ1n) is 6.20. The Labute approximate surface area is 130 Å². The molecule has 0 bridgehead atoms. The number of aromatic nitrogens is 2. The maximum absolute atomic E-state index is 14.1. The zero-order valence-electron chi connectivity index (χ0n) is 11.5. The first-order chi connectivity index (χ1) is 9.26. The Bertz CT molecular complexity index is 594. The van der Waals surface area contributed by atoms with Crippen molar-refractivity contribution in [3.8, 4) is 5.69 Å². The Morgan fingerprint density at radius 3 is 2.30 bits per heavy atom. The van der Waals surface area contributed by atoms with E-state index >= 15 is 0 Å². The summed E-state index contributed by atoms with van der Waals surface area (Å²) >= 11 is 2.04. The van der Waals surface area contributed by atoms with Gasteiger partial charge in [0.05, 0.1) is 9.77 Å². The van der Waals surface area contributed by atoms with Gasteiger partial charge in [0, 0.05) is 18.3 Å². The van der Waals surface area contributed by atoms with Crippen molar-refractivity contribution in [2.75, 3.05) is 0 Å². The normalized spacial score (nSPS) is 11.9. The average Bonchev–Trinajstić information content (AvgIpc) is 2.71. The highest BCUT2D eigenvalue weighted by Crippen LogP contribution is 2.20. The molecule has 2 aromatic rings. The van der Waals surface area contributed by atoms with E-state index in [2.05, 4.69) is 10.4 Å². The minimum absolute atomic E-state index is 0.107. The molecule has 1 heterocycles. The van der Waals surface area contributed by atoms with Crippen LogP contribution in [-0.2, 0) is 6.54 Å². The number of hydrogen-bond acceptors (Lipinski definition) is 2. The molecule has 0 unspecified atom stereocenters. The molecule has 0 aliphatic heterocycles. The lowest BCUT2D eigenvalue weighted by atomic mass is 10.1. The Morgan fingerprint density at radius 2 is 1.85 bits per heavy atom. The van der Waals surface area contributed by atoms with Gasteiger partial charge in [-0.3, -0.25) is 0 Å². The first-order valence-corrected chi connectivity index (χ1v) is 7.27. The highest BCUT2D eigenvalue weighted by molar-refractivity contribution is 14.1. The van der Waals surface area contributed by atoms with Crippen molar-refractivity contribution in [3.63, 3.8) is 0 Å². The molecule has 108 valence electrons. The van der Waals surface area contributed by atoms with Crippen LogP contribution in [0.25, 0.3) is 5.69 Å². The van der Waals surface area contributed by atoms with Gasteiger partial charge in [-0.15, -0.1) is 0 Å². The smallest absolute Gasteiger partial charge is 0.152 e. The van der Waals surface area contributed by atoms with Gasteiger partial charge in [-0.2, -0.15) is 5.10 Å². The van der Waals surface area contributed by atoms with Crippen LogP contribution in [0.15, 0.2) is 24.5 Å². The second-order valence-electron chi connectivity index (χ2n) is 5.61. The second kappa shape index (κ2) is 5.77. The van der Waals surface area contributed by atoms with Crippen LogP contribution in [0.1, 0.15) is 26.3 Å². The van der Waals surface area contributed by atoms with E-state index < -0.39 is 11.6 Å². The molecule has 0 aliphatic rings. The molecule has 0 radical (unpaired) electrons. The van der Waals surface area contributed by atoms with E-state index in [9.17, 15) is 8.78 Å². The monoisotopic (exact) mass is 391 g/mol. The molecule has 6 heteroatoms.